The Kier molecular flexibility index (Phi) is 8.62. The van der Waals surface area contributed by atoms with Crippen molar-refractivity contribution in [3.63, 3.8) is 0 Å². The number of anilines is 1. The maximum Gasteiger partial charge on any atom is 0.332 e. The molecule has 0 spiro atoms. The molecule has 0 bridgehead atoms. The van der Waals surface area contributed by atoms with Crippen LogP contribution in [0, 0.1) is 5.92 Å². The molecule has 0 saturated heterocycles. The van der Waals surface area contributed by atoms with Gasteiger partial charge >= 0.3 is 18.0 Å². The molecule has 0 heterocycles. The molecule has 0 unspecified atom stereocenters. The van der Waals surface area contributed by atoms with E-state index in [0.717, 1.165) is 0 Å². The number of rotatable bonds is 7. The Balaban J connectivity index is 2.76. The van der Waals surface area contributed by atoms with Crippen molar-refractivity contribution < 1.29 is 24.0 Å². The summed E-state index contributed by atoms with van der Waals surface area (Å²) in [5, 5.41) is 8.81. The number of esters is 1. The van der Waals surface area contributed by atoms with Gasteiger partial charge in [-0.25, -0.2) is 14.4 Å². The highest BCUT2D eigenvalue weighted by molar-refractivity contribution is 5.98. The van der Waals surface area contributed by atoms with E-state index in [0.29, 0.717) is 17.7 Å². The van der Waals surface area contributed by atoms with Crippen LogP contribution in [0.2, 0.25) is 0 Å². The van der Waals surface area contributed by atoms with Crippen molar-refractivity contribution in [1.29, 1.82) is 0 Å². The van der Waals surface area contributed by atoms with Crippen LogP contribution in [0.15, 0.2) is 29.4 Å². The molecule has 29 heavy (non-hydrogen) atoms. The van der Waals surface area contributed by atoms with Crippen LogP contribution in [0.4, 0.5) is 10.5 Å². The first-order valence-electron chi connectivity index (χ1n) is 9.29. The number of amidine groups is 1. The van der Waals surface area contributed by atoms with Crippen LogP contribution in [0.3, 0.4) is 0 Å². The molecule has 1 rings (SSSR count). The average Bonchev–Trinajstić information content (AvgIpc) is 2.57. The summed E-state index contributed by atoms with van der Waals surface area (Å²) in [6.07, 6.45) is 0.449. The van der Waals surface area contributed by atoms with Crippen LogP contribution in [0.25, 0.3) is 0 Å². The number of oxime groups is 1. The van der Waals surface area contributed by atoms with Crippen molar-refractivity contribution in [2.75, 3.05) is 5.32 Å². The number of hydrogen-bond donors (Lipinski definition) is 3. The van der Waals surface area contributed by atoms with E-state index in [4.69, 9.17) is 10.5 Å². The maximum absolute atomic E-state index is 12.4. The SMILES string of the molecule is CC(=O)O/N=C(\N)c1ccc(NC(=O)N[C@@H](CC(C)C)C(=O)OC(C)(C)C)cc1. The zero-order valence-electron chi connectivity index (χ0n) is 17.7. The van der Waals surface area contributed by atoms with Gasteiger partial charge in [-0.05, 0) is 57.4 Å². The Morgan fingerprint density at radius 2 is 1.72 bits per heavy atom. The second-order valence-corrected chi connectivity index (χ2v) is 7.95. The standard InChI is InChI=1S/C20H30N4O5/c1-12(2)11-16(18(26)28-20(4,5)6)23-19(27)22-15-9-7-14(8-10-15)17(21)24-29-13(3)25/h7-10,12,16H,11H2,1-6H3,(H2,21,24)(H2,22,23,27)/t16-/m0/s1. The molecule has 0 fully saturated rings. The zero-order chi connectivity index (χ0) is 22.2. The molecule has 0 aliphatic heterocycles. The van der Waals surface area contributed by atoms with Crippen molar-refractivity contribution >= 4 is 29.5 Å². The number of carbonyl (C=O) groups is 3. The van der Waals surface area contributed by atoms with Gasteiger partial charge in [0.15, 0.2) is 5.84 Å². The molecule has 2 amide bonds. The van der Waals surface area contributed by atoms with Gasteiger partial charge in [0, 0.05) is 18.2 Å². The van der Waals surface area contributed by atoms with Gasteiger partial charge in [0.2, 0.25) is 0 Å². The van der Waals surface area contributed by atoms with Gasteiger partial charge in [-0.15, -0.1) is 0 Å². The summed E-state index contributed by atoms with van der Waals surface area (Å²) in [6, 6.07) is 5.14. The largest absolute Gasteiger partial charge is 0.458 e. The Morgan fingerprint density at radius 1 is 1.14 bits per heavy atom. The van der Waals surface area contributed by atoms with Crippen molar-refractivity contribution in [2.24, 2.45) is 16.8 Å². The molecule has 1 atom stereocenters. The van der Waals surface area contributed by atoms with Crippen molar-refractivity contribution in [2.45, 2.75) is 59.6 Å². The summed E-state index contributed by atoms with van der Waals surface area (Å²) < 4.78 is 5.39. The van der Waals surface area contributed by atoms with Crippen LogP contribution >= 0.6 is 0 Å². The number of nitrogens with two attached hydrogens (primary N) is 1. The number of nitrogens with zero attached hydrogens (tertiary/aromatic N) is 1. The van der Waals surface area contributed by atoms with Gasteiger partial charge in [-0.1, -0.05) is 19.0 Å². The van der Waals surface area contributed by atoms with E-state index in [1.54, 1.807) is 45.0 Å². The highest BCUT2D eigenvalue weighted by atomic mass is 16.7. The van der Waals surface area contributed by atoms with Gasteiger partial charge in [-0.2, -0.15) is 0 Å². The molecule has 0 aliphatic rings. The summed E-state index contributed by atoms with van der Waals surface area (Å²) in [4.78, 5) is 40.0. The number of benzene rings is 1. The molecule has 0 aliphatic carbocycles. The minimum absolute atomic E-state index is 0.0260. The van der Waals surface area contributed by atoms with E-state index < -0.39 is 29.6 Å². The van der Waals surface area contributed by atoms with Gasteiger partial charge in [-0.3, -0.25) is 0 Å². The van der Waals surface area contributed by atoms with Gasteiger partial charge in [0.25, 0.3) is 0 Å². The Morgan fingerprint density at radius 3 is 2.21 bits per heavy atom. The predicted molar refractivity (Wildman–Crippen MR) is 110 cm³/mol. The number of amides is 2. The second-order valence-electron chi connectivity index (χ2n) is 7.95. The van der Waals surface area contributed by atoms with E-state index in [9.17, 15) is 14.4 Å². The Bertz CT molecular complexity index is 751. The zero-order valence-corrected chi connectivity index (χ0v) is 17.7. The molecule has 9 heteroatoms. The fraction of sp³-hybridized carbons (Fsp3) is 0.500. The van der Waals surface area contributed by atoms with Crippen LogP contribution in [0.1, 0.15) is 53.5 Å². The molecule has 1 aromatic rings. The minimum Gasteiger partial charge on any atom is -0.458 e. The quantitative estimate of drug-likeness (QED) is 0.210. The number of hydrogen-bond acceptors (Lipinski definition) is 6. The summed E-state index contributed by atoms with van der Waals surface area (Å²) in [5.41, 5.74) is 6.07. The second kappa shape index (κ2) is 10.4. The van der Waals surface area contributed by atoms with Crippen molar-refractivity contribution in [3.8, 4) is 0 Å². The fourth-order valence-electron chi connectivity index (χ4n) is 2.27. The van der Waals surface area contributed by atoms with Gasteiger partial charge < -0.3 is 25.9 Å². The number of nitrogens with one attached hydrogen (secondary N) is 2. The predicted octanol–water partition coefficient (Wildman–Crippen LogP) is 2.75. The maximum atomic E-state index is 12.4. The summed E-state index contributed by atoms with van der Waals surface area (Å²) in [5.74, 6) is -0.847. The minimum atomic E-state index is -0.764. The van der Waals surface area contributed by atoms with Crippen molar-refractivity contribution in [1.82, 2.24) is 5.32 Å². The lowest BCUT2D eigenvalue weighted by atomic mass is 10.0. The third-order valence-electron chi connectivity index (χ3n) is 3.41. The summed E-state index contributed by atoms with van der Waals surface area (Å²) in [6.45, 7) is 10.4. The van der Waals surface area contributed by atoms with E-state index in [1.807, 2.05) is 13.8 Å². The normalized spacial score (nSPS) is 12.9. The topological polar surface area (TPSA) is 132 Å². The van der Waals surface area contributed by atoms with Gasteiger partial charge in [0.1, 0.15) is 11.6 Å². The van der Waals surface area contributed by atoms with Crippen LogP contribution in [-0.4, -0.2) is 35.4 Å². The van der Waals surface area contributed by atoms with Crippen LogP contribution in [-0.2, 0) is 19.2 Å². The molecular weight excluding hydrogens is 376 g/mol. The van der Waals surface area contributed by atoms with Crippen molar-refractivity contribution in [3.05, 3.63) is 29.8 Å². The molecule has 4 N–H and O–H groups in total. The monoisotopic (exact) mass is 406 g/mol. The van der Waals surface area contributed by atoms with E-state index in [2.05, 4.69) is 20.6 Å². The summed E-state index contributed by atoms with van der Waals surface area (Å²) >= 11 is 0. The van der Waals surface area contributed by atoms with Crippen LogP contribution in [0.5, 0.6) is 0 Å². The van der Waals surface area contributed by atoms with Crippen LogP contribution < -0.4 is 16.4 Å². The summed E-state index contributed by atoms with van der Waals surface area (Å²) in [7, 11) is 0. The van der Waals surface area contributed by atoms with E-state index in [-0.39, 0.29) is 11.8 Å². The molecule has 1 aromatic carbocycles. The number of urea groups is 1. The van der Waals surface area contributed by atoms with Gasteiger partial charge in [0.05, 0.1) is 0 Å². The third kappa shape index (κ3) is 9.59. The molecule has 9 nitrogen and oxygen atoms in total. The van der Waals surface area contributed by atoms with E-state index >= 15 is 0 Å². The highest BCUT2D eigenvalue weighted by Crippen LogP contribution is 2.14. The molecular formula is C20H30N4O5. The lowest BCUT2D eigenvalue weighted by molar-refractivity contribution is -0.157. The Labute approximate surface area is 171 Å². The first-order valence-corrected chi connectivity index (χ1v) is 9.29. The lowest BCUT2D eigenvalue weighted by Crippen LogP contribution is -2.46. The molecule has 0 radical (unpaired) electrons. The Hall–Kier alpha value is -3.10. The smallest absolute Gasteiger partial charge is 0.332 e. The molecule has 0 aromatic heterocycles. The first kappa shape index (κ1) is 23.9. The first-order chi connectivity index (χ1) is 13.4. The molecule has 160 valence electrons. The number of ether oxygens (including phenoxy) is 1. The fourth-order valence-corrected chi connectivity index (χ4v) is 2.27. The number of carbonyl (C=O) groups excluding carboxylic acids is 3. The van der Waals surface area contributed by atoms with E-state index in [1.165, 1.54) is 6.92 Å². The lowest BCUT2D eigenvalue weighted by Gasteiger charge is -2.25. The average molecular weight is 406 g/mol. The molecule has 0 saturated carbocycles. The third-order valence-corrected chi connectivity index (χ3v) is 3.41. The highest BCUT2D eigenvalue weighted by Gasteiger charge is 2.27.